The van der Waals surface area contributed by atoms with Crippen molar-refractivity contribution in [1.82, 2.24) is 15.1 Å². The number of rotatable bonds is 15. The molecule has 284 valence electrons. The van der Waals surface area contributed by atoms with E-state index in [1.54, 1.807) is 0 Å². The minimum atomic E-state index is -0.623. The molecule has 0 spiro atoms. The van der Waals surface area contributed by atoms with Crippen LogP contribution in [0.4, 0.5) is 0 Å². The molecular weight excluding hydrogens is 655 g/mol. The van der Waals surface area contributed by atoms with Gasteiger partial charge in [0.15, 0.2) is 0 Å². The van der Waals surface area contributed by atoms with Gasteiger partial charge >= 0.3 is 0 Å². The van der Waals surface area contributed by atoms with Crippen LogP contribution in [0.2, 0.25) is 0 Å². The van der Waals surface area contributed by atoms with Gasteiger partial charge in [0, 0.05) is 50.6 Å². The fourth-order valence-electron chi connectivity index (χ4n) is 8.92. The Hall–Kier alpha value is -3.78. The molecule has 2 amide bonds. The van der Waals surface area contributed by atoms with Crippen LogP contribution in [0.5, 0.6) is 0 Å². The molecule has 7 heteroatoms. The summed E-state index contributed by atoms with van der Waals surface area (Å²) in [5.74, 6) is 1.11. The van der Waals surface area contributed by atoms with Gasteiger partial charge in [0.2, 0.25) is 11.8 Å². The summed E-state index contributed by atoms with van der Waals surface area (Å²) in [6.07, 6.45) is 39.7. The van der Waals surface area contributed by atoms with Gasteiger partial charge in [-0.1, -0.05) is 136 Å². The average Bonchev–Trinajstić information content (AvgIpc) is 3.68. The zero-order chi connectivity index (χ0) is 36.8. The number of benzene rings is 1. The number of amides is 2. The third-order valence-corrected chi connectivity index (χ3v) is 11.9. The Balaban J connectivity index is 1.19. The lowest BCUT2D eigenvalue weighted by atomic mass is 9.88. The highest BCUT2D eigenvalue weighted by atomic mass is 16.2. The Bertz CT molecular complexity index is 1610. The van der Waals surface area contributed by atoms with E-state index in [4.69, 9.17) is 11.5 Å². The highest BCUT2D eigenvalue weighted by molar-refractivity contribution is 5.83. The van der Waals surface area contributed by atoms with Crippen LogP contribution in [-0.2, 0) is 22.4 Å². The van der Waals surface area contributed by atoms with Gasteiger partial charge < -0.3 is 26.6 Å². The Kier molecular flexibility index (Phi) is 14.7. The van der Waals surface area contributed by atoms with Crippen LogP contribution in [0, 0.1) is 11.8 Å². The van der Waals surface area contributed by atoms with Gasteiger partial charge in [0.25, 0.3) is 0 Å². The molecule has 1 aromatic rings. The maximum Gasteiger partial charge on any atom is 0.240 e. The van der Waals surface area contributed by atoms with E-state index in [1.807, 2.05) is 0 Å². The summed E-state index contributed by atoms with van der Waals surface area (Å²) >= 11 is 0. The number of allylic oxidation sites excluding steroid dienone is 13. The van der Waals surface area contributed by atoms with Crippen molar-refractivity contribution in [2.45, 2.75) is 108 Å². The van der Waals surface area contributed by atoms with E-state index in [9.17, 15) is 9.59 Å². The smallest absolute Gasteiger partial charge is 0.240 e. The van der Waals surface area contributed by atoms with Crippen LogP contribution in [0.3, 0.4) is 0 Å². The molecule has 4 atom stereocenters. The zero-order valence-electron chi connectivity index (χ0n) is 31.8. The number of carbonyl (C=O) groups excluding carboxylic acids is 2. The van der Waals surface area contributed by atoms with Gasteiger partial charge in [-0.2, -0.15) is 0 Å². The summed E-state index contributed by atoms with van der Waals surface area (Å²) in [5, 5.41) is 3.41. The molecule has 6 rings (SSSR count). The van der Waals surface area contributed by atoms with Gasteiger partial charge in [0.1, 0.15) is 0 Å². The lowest BCUT2D eigenvalue weighted by Crippen LogP contribution is -2.63. The summed E-state index contributed by atoms with van der Waals surface area (Å²) in [7, 11) is 0. The van der Waals surface area contributed by atoms with Crippen LogP contribution in [0.15, 0.2) is 96.2 Å². The van der Waals surface area contributed by atoms with Crippen molar-refractivity contribution < 1.29 is 9.59 Å². The maximum absolute atomic E-state index is 14.5. The van der Waals surface area contributed by atoms with E-state index < -0.39 is 6.04 Å². The predicted octanol–water partition coefficient (Wildman–Crippen LogP) is 7.11. The number of hydrogen-bond acceptors (Lipinski definition) is 5. The van der Waals surface area contributed by atoms with E-state index >= 15 is 0 Å². The Morgan fingerprint density at radius 3 is 2.58 bits per heavy atom. The van der Waals surface area contributed by atoms with Crippen molar-refractivity contribution >= 4 is 17.9 Å². The molecule has 1 saturated carbocycles. The van der Waals surface area contributed by atoms with E-state index in [-0.39, 0.29) is 23.9 Å². The van der Waals surface area contributed by atoms with Gasteiger partial charge in [-0.05, 0) is 78.8 Å². The van der Waals surface area contributed by atoms with Crippen LogP contribution in [-0.4, -0.2) is 72.5 Å². The molecule has 1 saturated heterocycles. The molecule has 5 N–H and O–H groups in total. The number of nitrogens with zero attached hydrogens (tertiary/aromatic N) is 2. The van der Waals surface area contributed by atoms with Crippen molar-refractivity contribution in [3.05, 3.63) is 113 Å². The summed E-state index contributed by atoms with van der Waals surface area (Å²) in [4.78, 5) is 33.1. The van der Waals surface area contributed by atoms with E-state index in [1.165, 1.54) is 60.8 Å². The maximum atomic E-state index is 14.5. The molecule has 53 heavy (non-hydrogen) atoms. The quantitative estimate of drug-likeness (QED) is 0.133. The number of fused-ring (bicyclic) bond motifs is 2. The van der Waals surface area contributed by atoms with E-state index in [0.717, 1.165) is 50.8 Å². The lowest BCUT2D eigenvalue weighted by molar-refractivity contribution is -0.148. The standard InChI is InChI=1S/C46H63N5O2/c47-26-28-49-27-12-11-19-42-33-51(46(53)44(48)32-37-21-24-39-16-8-4-10-18-41(39)30-37)43(31-35-13-5-1-2-6-14-35)34-50(42)45(52)25-22-36-20-23-38-15-7-3-9-17-40(38)29-36/h3-4,7-10,15-17,20-21,23-24,29-30,35,38,42-44,49H,1-2,5-6,11-14,18-19,22,25-28,31-34,47-48H2/t38?,42-,43+,44?/m0/s1. The lowest BCUT2D eigenvalue weighted by Gasteiger charge is -2.48. The first kappa shape index (κ1) is 38.9. The number of piperazine rings is 1. The second kappa shape index (κ2) is 20.1. The third kappa shape index (κ3) is 11.1. The summed E-state index contributed by atoms with van der Waals surface area (Å²) < 4.78 is 0. The van der Waals surface area contributed by atoms with Crippen LogP contribution >= 0.6 is 0 Å². The first-order valence-electron chi connectivity index (χ1n) is 20.6. The molecule has 0 radical (unpaired) electrons. The molecule has 1 heterocycles. The van der Waals surface area contributed by atoms with Gasteiger partial charge in [0.05, 0.1) is 6.04 Å². The number of nitrogens with two attached hydrogens (primary N) is 2. The summed E-state index contributed by atoms with van der Waals surface area (Å²) in [5.41, 5.74) is 18.6. The monoisotopic (exact) mass is 717 g/mol. The summed E-state index contributed by atoms with van der Waals surface area (Å²) in [6, 6.07) is 5.84. The Morgan fingerprint density at radius 1 is 0.887 bits per heavy atom. The van der Waals surface area contributed by atoms with Crippen molar-refractivity contribution in [2.24, 2.45) is 23.3 Å². The Labute approximate surface area is 318 Å². The second-order valence-electron chi connectivity index (χ2n) is 15.8. The minimum absolute atomic E-state index is 0.0188. The first-order valence-corrected chi connectivity index (χ1v) is 20.6. The average molecular weight is 718 g/mol. The molecule has 0 aromatic heterocycles. The molecule has 2 fully saturated rings. The minimum Gasteiger partial charge on any atom is -0.336 e. The number of carbonyl (C=O) groups is 2. The van der Waals surface area contributed by atoms with E-state index in [2.05, 4.69) is 106 Å². The predicted molar refractivity (Wildman–Crippen MR) is 219 cm³/mol. The second-order valence-corrected chi connectivity index (χ2v) is 15.8. The fourth-order valence-corrected chi connectivity index (χ4v) is 8.92. The zero-order valence-corrected chi connectivity index (χ0v) is 31.8. The first-order chi connectivity index (χ1) is 26.0. The molecule has 1 aromatic carbocycles. The van der Waals surface area contributed by atoms with Gasteiger partial charge in [-0.15, -0.1) is 0 Å². The topological polar surface area (TPSA) is 105 Å². The molecule has 7 nitrogen and oxygen atoms in total. The molecule has 1 aliphatic heterocycles. The molecular formula is C46H63N5O2. The number of nitrogens with one attached hydrogen (secondary N) is 1. The SMILES string of the molecule is NCCNCCCC[C@H]1CN(C(=O)C(N)Cc2ccc3c(c2)CC=CC=C3)[C@H](CC2CCCCCC2)CN1C(=O)CCC1=CC2=CC=CC=CC2C=C1. The largest absolute Gasteiger partial charge is 0.336 e. The van der Waals surface area contributed by atoms with Gasteiger partial charge in [-0.25, -0.2) is 0 Å². The van der Waals surface area contributed by atoms with Crippen LogP contribution in [0.1, 0.15) is 93.7 Å². The van der Waals surface area contributed by atoms with Crippen molar-refractivity contribution in [1.29, 1.82) is 0 Å². The third-order valence-electron chi connectivity index (χ3n) is 11.9. The van der Waals surface area contributed by atoms with Crippen molar-refractivity contribution in [2.75, 3.05) is 32.7 Å². The highest BCUT2D eigenvalue weighted by Crippen LogP contribution is 2.33. The van der Waals surface area contributed by atoms with E-state index in [0.29, 0.717) is 50.7 Å². The fraction of sp³-hybridized carbons (Fsp3) is 0.522. The summed E-state index contributed by atoms with van der Waals surface area (Å²) in [6.45, 7) is 3.49. The molecule has 4 aliphatic carbocycles. The highest BCUT2D eigenvalue weighted by Gasteiger charge is 2.40. The molecule has 2 unspecified atom stereocenters. The van der Waals surface area contributed by atoms with Crippen LogP contribution in [0.25, 0.3) is 6.08 Å². The molecule has 0 bridgehead atoms. The van der Waals surface area contributed by atoms with Crippen molar-refractivity contribution in [3.8, 4) is 0 Å². The molecule has 5 aliphatic rings. The normalized spacial score (nSPS) is 23.4. The number of hydrogen-bond donors (Lipinski definition) is 3. The Morgan fingerprint density at radius 2 is 1.74 bits per heavy atom. The van der Waals surface area contributed by atoms with Crippen LogP contribution < -0.4 is 16.8 Å². The van der Waals surface area contributed by atoms with Crippen molar-refractivity contribution in [3.63, 3.8) is 0 Å². The number of unbranched alkanes of at least 4 members (excludes halogenated alkanes) is 1. The van der Waals surface area contributed by atoms with Gasteiger partial charge in [-0.3, -0.25) is 9.59 Å².